The molecule has 0 heterocycles. The van der Waals surface area contributed by atoms with E-state index in [1.165, 1.54) is 67.3 Å². The molecule has 0 spiro atoms. The van der Waals surface area contributed by atoms with Gasteiger partial charge < -0.3 is 0 Å². The maximum atomic E-state index is 2.37. The van der Waals surface area contributed by atoms with Crippen LogP contribution in [-0.2, 0) is 0 Å². The Bertz CT molecular complexity index is 1330. The van der Waals surface area contributed by atoms with Crippen molar-refractivity contribution < 1.29 is 0 Å². The Morgan fingerprint density at radius 2 is 1.29 bits per heavy atom. The van der Waals surface area contributed by atoms with Gasteiger partial charge in [0.15, 0.2) is 0 Å². The Balaban J connectivity index is 1.57. The van der Waals surface area contributed by atoms with E-state index in [0.29, 0.717) is 0 Å². The Morgan fingerprint density at radius 1 is 0.581 bits per heavy atom. The number of benzene rings is 4. The molecule has 5 rings (SSSR count). The quantitative estimate of drug-likeness (QED) is 0.322. The summed E-state index contributed by atoms with van der Waals surface area (Å²) in [7, 11) is 0. The second-order valence-corrected chi connectivity index (χ2v) is 8.79. The van der Waals surface area contributed by atoms with Crippen LogP contribution in [-0.4, -0.2) is 0 Å². The highest BCUT2D eigenvalue weighted by atomic mass is 14.2. The summed E-state index contributed by atoms with van der Waals surface area (Å²) in [4.78, 5) is 0. The van der Waals surface area contributed by atoms with E-state index in [-0.39, 0.29) is 0 Å². The lowest BCUT2D eigenvalue weighted by Crippen LogP contribution is -1.92. The minimum absolute atomic E-state index is 1.14. The molecule has 1 aliphatic rings. The molecular weight excluding hydrogens is 372 g/mol. The van der Waals surface area contributed by atoms with Gasteiger partial charge in [-0.1, -0.05) is 90.5 Å². The van der Waals surface area contributed by atoms with E-state index in [4.69, 9.17) is 0 Å². The molecule has 0 aliphatic heterocycles. The van der Waals surface area contributed by atoms with E-state index in [0.717, 1.165) is 6.42 Å². The maximum absolute atomic E-state index is 2.37. The molecule has 0 nitrogen and oxygen atoms in total. The first-order valence-electron chi connectivity index (χ1n) is 11.2. The van der Waals surface area contributed by atoms with Gasteiger partial charge in [0.1, 0.15) is 0 Å². The van der Waals surface area contributed by atoms with Crippen molar-refractivity contribution in [3.8, 4) is 22.3 Å². The normalized spacial score (nSPS) is 13.8. The van der Waals surface area contributed by atoms with E-state index in [2.05, 4.69) is 112 Å². The number of hydrogen-bond acceptors (Lipinski definition) is 0. The minimum atomic E-state index is 1.14. The first-order valence-corrected chi connectivity index (χ1v) is 11.2. The molecule has 4 aromatic carbocycles. The second kappa shape index (κ2) is 8.04. The smallest absolute Gasteiger partial charge is 0.00732 e. The van der Waals surface area contributed by atoms with Crippen LogP contribution in [0.4, 0.5) is 0 Å². The van der Waals surface area contributed by atoms with Crippen molar-refractivity contribution in [3.63, 3.8) is 0 Å². The molecule has 0 saturated carbocycles. The topological polar surface area (TPSA) is 0 Å². The molecule has 0 radical (unpaired) electrons. The highest BCUT2D eigenvalue weighted by Gasteiger charge is 2.12. The van der Waals surface area contributed by atoms with Crippen LogP contribution in [0, 0.1) is 13.8 Å². The van der Waals surface area contributed by atoms with Gasteiger partial charge in [-0.05, 0) is 95.0 Å². The zero-order valence-corrected chi connectivity index (χ0v) is 18.6. The zero-order chi connectivity index (χ0) is 21.4. The lowest BCUT2D eigenvalue weighted by molar-refractivity contribution is 0.977. The summed E-state index contributed by atoms with van der Waals surface area (Å²) in [6.45, 7) is 6.65. The number of fused-ring (bicyclic) bond motifs is 1. The molecule has 0 bridgehead atoms. The summed E-state index contributed by atoms with van der Waals surface area (Å²) >= 11 is 0. The molecule has 0 saturated heterocycles. The highest BCUT2D eigenvalue weighted by Crippen LogP contribution is 2.37. The predicted molar refractivity (Wildman–Crippen MR) is 135 cm³/mol. The van der Waals surface area contributed by atoms with Gasteiger partial charge >= 0.3 is 0 Å². The summed E-state index contributed by atoms with van der Waals surface area (Å²) in [5, 5.41) is 2.62. The Morgan fingerprint density at radius 3 is 2.06 bits per heavy atom. The standard InChI is InChI=1S/C31H28/c1-21-8-12-24(13-9-21)25-16-18-26(19-17-25)28-15-10-22(2)30(20-28)31-23(3)11-14-27-6-4-5-7-29(27)31/h4-8,10-12,14-20H,9,13H2,1-3H3. The summed E-state index contributed by atoms with van der Waals surface area (Å²) in [5.41, 5.74) is 12.1. The van der Waals surface area contributed by atoms with Gasteiger partial charge in [0.05, 0.1) is 0 Å². The third-order valence-electron chi connectivity index (χ3n) is 6.59. The Labute approximate surface area is 185 Å². The Kier molecular flexibility index (Phi) is 5.08. The van der Waals surface area contributed by atoms with E-state index >= 15 is 0 Å². The molecule has 0 aromatic heterocycles. The summed E-state index contributed by atoms with van der Waals surface area (Å²) in [5.74, 6) is 0. The van der Waals surface area contributed by atoms with E-state index < -0.39 is 0 Å². The maximum Gasteiger partial charge on any atom is -0.00732 e. The summed E-state index contributed by atoms with van der Waals surface area (Å²) in [6.07, 6.45) is 6.84. The van der Waals surface area contributed by atoms with Crippen LogP contribution in [0.3, 0.4) is 0 Å². The summed E-state index contributed by atoms with van der Waals surface area (Å²) < 4.78 is 0. The fraction of sp³-hybridized carbons (Fsp3) is 0.161. The minimum Gasteiger partial charge on any atom is -0.0730 e. The SMILES string of the molecule is CC1=CC=C(c2ccc(-c3ccc(C)c(-c4c(C)ccc5ccccc45)c3)cc2)CC1. The average Bonchev–Trinajstić information content (AvgIpc) is 2.80. The predicted octanol–water partition coefficient (Wildman–Crippen LogP) is 8.91. The first-order chi connectivity index (χ1) is 15.1. The van der Waals surface area contributed by atoms with E-state index in [1.54, 1.807) is 0 Å². The lowest BCUT2D eigenvalue weighted by atomic mass is 9.89. The van der Waals surface area contributed by atoms with Gasteiger partial charge in [0.25, 0.3) is 0 Å². The zero-order valence-electron chi connectivity index (χ0n) is 18.6. The van der Waals surface area contributed by atoms with Crippen molar-refractivity contribution in [1.29, 1.82) is 0 Å². The molecule has 0 fully saturated rings. The van der Waals surface area contributed by atoms with Crippen LogP contribution in [0.1, 0.15) is 36.5 Å². The molecule has 152 valence electrons. The molecule has 4 aromatic rings. The molecule has 0 amide bonds. The molecule has 1 aliphatic carbocycles. The van der Waals surface area contributed by atoms with Crippen molar-refractivity contribution in [2.75, 3.05) is 0 Å². The number of allylic oxidation sites excluding steroid dienone is 4. The highest BCUT2D eigenvalue weighted by molar-refractivity contribution is 5.99. The average molecular weight is 401 g/mol. The van der Waals surface area contributed by atoms with Gasteiger partial charge in [0, 0.05) is 0 Å². The van der Waals surface area contributed by atoms with Crippen LogP contribution in [0.15, 0.2) is 96.6 Å². The number of rotatable bonds is 3. The van der Waals surface area contributed by atoms with Crippen molar-refractivity contribution >= 4 is 16.3 Å². The molecule has 31 heavy (non-hydrogen) atoms. The number of aryl methyl sites for hydroxylation is 2. The fourth-order valence-corrected chi connectivity index (χ4v) is 4.67. The van der Waals surface area contributed by atoms with Gasteiger partial charge in [0.2, 0.25) is 0 Å². The molecule has 0 heteroatoms. The van der Waals surface area contributed by atoms with Crippen LogP contribution < -0.4 is 0 Å². The van der Waals surface area contributed by atoms with E-state index in [9.17, 15) is 0 Å². The van der Waals surface area contributed by atoms with Crippen LogP contribution in [0.25, 0.3) is 38.6 Å². The van der Waals surface area contributed by atoms with Crippen molar-refractivity contribution in [2.45, 2.75) is 33.6 Å². The van der Waals surface area contributed by atoms with Gasteiger partial charge in [-0.15, -0.1) is 0 Å². The van der Waals surface area contributed by atoms with Gasteiger partial charge in [-0.25, -0.2) is 0 Å². The monoisotopic (exact) mass is 400 g/mol. The van der Waals surface area contributed by atoms with Crippen LogP contribution in [0.5, 0.6) is 0 Å². The van der Waals surface area contributed by atoms with Crippen molar-refractivity contribution in [3.05, 3.63) is 113 Å². The molecule has 0 unspecified atom stereocenters. The largest absolute Gasteiger partial charge is 0.0730 e. The third kappa shape index (κ3) is 3.75. The molecule has 0 atom stereocenters. The van der Waals surface area contributed by atoms with E-state index in [1.807, 2.05) is 0 Å². The van der Waals surface area contributed by atoms with Gasteiger partial charge in [-0.3, -0.25) is 0 Å². The number of hydrogen-bond donors (Lipinski definition) is 0. The van der Waals surface area contributed by atoms with Crippen molar-refractivity contribution in [2.24, 2.45) is 0 Å². The lowest BCUT2D eigenvalue weighted by Gasteiger charge is -2.16. The fourth-order valence-electron chi connectivity index (χ4n) is 4.67. The summed E-state index contributed by atoms with van der Waals surface area (Å²) in [6, 6.07) is 29.1. The Hall–Kier alpha value is -3.38. The van der Waals surface area contributed by atoms with Crippen LogP contribution >= 0.6 is 0 Å². The third-order valence-corrected chi connectivity index (χ3v) is 6.59. The first kappa shape index (κ1) is 19.6. The molecular formula is C31H28. The second-order valence-electron chi connectivity index (χ2n) is 8.79. The molecule has 0 N–H and O–H groups in total. The van der Waals surface area contributed by atoms with Crippen molar-refractivity contribution in [1.82, 2.24) is 0 Å². The van der Waals surface area contributed by atoms with Crippen LogP contribution in [0.2, 0.25) is 0 Å². The van der Waals surface area contributed by atoms with Gasteiger partial charge in [-0.2, -0.15) is 0 Å².